The van der Waals surface area contributed by atoms with Gasteiger partial charge < -0.3 is 9.32 Å². The van der Waals surface area contributed by atoms with Crippen molar-refractivity contribution < 1.29 is 17.6 Å². The van der Waals surface area contributed by atoms with Crippen LogP contribution < -0.4 is 4.72 Å². The van der Waals surface area contributed by atoms with Crippen LogP contribution >= 0.6 is 11.8 Å². The van der Waals surface area contributed by atoms with Crippen LogP contribution in [0.2, 0.25) is 0 Å². The summed E-state index contributed by atoms with van der Waals surface area (Å²) in [7, 11) is -3.37. The van der Waals surface area contributed by atoms with Crippen LogP contribution in [0.5, 0.6) is 0 Å². The Morgan fingerprint density at radius 2 is 1.83 bits per heavy atom. The molecule has 0 unspecified atom stereocenters. The second-order valence-corrected chi connectivity index (χ2v) is 11.2. The third kappa shape index (κ3) is 5.63. The second-order valence-electron chi connectivity index (χ2n) is 8.55. The molecule has 3 heterocycles. The van der Waals surface area contributed by atoms with Gasteiger partial charge in [0.15, 0.2) is 11.0 Å². The molecule has 9 nitrogen and oxygen atoms in total. The van der Waals surface area contributed by atoms with Crippen LogP contribution in [0.15, 0.2) is 76.5 Å². The van der Waals surface area contributed by atoms with Crippen molar-refractivity contribution in [3.05, 3.63) is 83.8 Å². The standard InChI is InChI=1S/C25H25N5O4S2/c1-36(32,33)28-21-10-8-19(9-11-21)24-26-27-25(30(24)16-22-7-4-14-34-22)35-17-23(31)29-13-12-18-5-2-3-6-20(18)15-29/h2-11,14,28H,12-13,15-17H2,1H3. The molecular formula is C25H25N5O4S2. The number of rotatable bonds is 8. The van der Waals surface area contributed by atoms with Gasteiger partial charge in [0.2, 0.25) is 15.9 Å². The van der Waals surface area contributed by atoms with Gasteiger partial charge in [0.1, 0.15) is 5.76 Å². The number of benzene rings is 2. The number of sulfonamides is 1. The first kappa shape index (κ1) is 24.1. The van der Waals surface area contributed by atoms with Gasteiger partial charge in [-0.05, 0) is 53.9 Å². The Balaban J connectivity index is 1.34. The largest absolute Gasteiger partial charge is 0.467 e. The number of aromatic nitrogens is 3. The van der Waals surface area contributed by atoms with Gasteiger partial charge in [0.05, 0.1) is 24.8 Å². The van der Waals surface area contributed by atoms with Crippen LogP contribution in [0, 0.1) is 0 Å². The lowest BCUT2D eigenvalue weighted by atomic mass is 10.00. The molecule has 4 aromatic rings. The summed E-state index contributed by atoms with van der Waals surface area (Å²) in [6.07, 6.45) is 3.57. The van der Waals surface area contributed by atoms with E-state index < -0.39 is 10.0 Å². The Kier molecular flexibility index (Phi) is 6.84. The van der Waals surface area contributed by atoms with Gasteiger partial charge in [0.25, 0.3) is 0 Å². The summed E-state index contributed by atoms with van der Waals surface area (Å²) in [5.41, 5.74) is 3.72. The van der Waals surface area contributed by atoms with E-state index in [1.807, 2.05) is 33.7 Å². The van der Waals surface area contributed by atoms with E-state index in [9.17, 15) is 13.2 Å². The van der Waals surface area contributed by atoms with Gasteiger partial charge in [-0.2, -0.15) is 0 Å². The molecule has 1 amide bonds. The SMILES string of the molecule is CS(=O)(=O)Nc1ccc(-c2nnc(SCC(=O)N3CCc4ccccc4C3)n2Cc2ccco2)cc1. The molecule has 0 saturated heterocycles. The molecule has 0 atom stereocenters. The zero-order valence-corrected chi connectivity index (χ0v) is 21.3. The monoisotopic (exact) mass is 523 g/mol. The Bertz CT molecular complexity index is 1460. The topological polar surface area (TPSA) is 110 Å². The maximum absolute atomic E-state index is 13.0. The Morgan fingerprint density at radius 3 is 2.56 bits per heavy atom. The molecular weight excluding hydrogens is 498 g/mol. The van der Waals surface area contributed by atoms with E-state index in [4.69, 9.17) is 4.42 Å². The molecule has 0 fully saturated rings. The molecule has 0 aliphatic carbocycles. The summed E-state index contributed by atoms with van der Waals surface area (Å²) in [6.45, 7) is 1.72. The van der Waals surface area contributed by atoms with Crippen LogP contribution in [-0.2, 0) is 34.3 Å². The molecule has 2 aromatic heterocycles. The molecule has 0 bridgehead atoms. The predicted molar refractivity (Wildman–Crippen MR) is 138 cm³/mol. The van der Waals surface area contributed by atoms with E-state index in [1.54, 1.807) is 30.5 Å². The number of furan rings is 1. The number of carbonyl (C=O) groups is 1. The average Bonchev–Trinajstić information content (AvgIpc) is 3.52. The number of thioether (sulfide) groups is 1. The highest BCUT2D eigenvalue weighted by atomic mass is 32.2. The Labute approximate surface area is 213 Å². The second kappa shape index (κ2) is 10.2. The number of carbonyl (C=O) groups excluding carboxylic acids is 1. The van der Waals surface area contributed by atoms with Crippen LogP contribution in [0.3, 0.4) is 0 Å². The average molecular weight is 524 g/mol. The Morgan fingerprint density at radius 1 is 1.06 bits per heavy atom. The van der Waals surface area contributed by atoms with Crippen LogP contribution in [0.25, 0.3) is 11.4 Å². The maximum Gasteiger partial charge on any atom is 0.233 e. The van der Waals surface area contributed by atoms with E-state index >= 15 is 0 Å². The summed E-state index contributed by atoms with van der Waals surface area (Å²) in [6, 6.07) is 18.8. The van der Waals surface area contributed by atoms with Crippen molar-refractivity contribution in [2.24, 2.45) is 0 Å². The highest BCUT2D eigenvalue weighted by Crippen LogP contribution is 2.27. The quantitative estimate of drug-likeness (QED) is 0.351. The van der Waals surface area contributed by atoms with Crippen LogP contribution in [0.4, 0.5) is 5.69 Å². The maximum atomic E-state index is 13.0. The van der Waals surface area contributed by atoms with E-state index in [-0.39, 0.29) is 11.7 Å². The summed E-state index contributed by atoms with van der Waals surface area (Å²) in [5, 5.41) is 9.34. The van der Waals surface area contributed by atoms with E-state index in [2.05, 4.69) is 27.1 Å². The van der Waals surface area contributed by atoms with E-state index in [1.165, 1.54) is 22.9 Å². The molecule has 1 aliphatic heterocycles. The number of nitrogens with zero attached hydrogens (tertiary/aromatic N) is 4. The van der Waals surface area contributed by atoms with Crippen molar-refractivity contribution >= 4 is 33.4 Å². The van der Waals surface area contributed by atoms with Crippen molar-refractivity contribution in [3.8, 4) is 11.4 Å². The number of hydrogen-bond acceptors (Lipinski definition) is 7. The van der Waals surface area contributed by atoms with Crippen molar-refractivity contribution in [3.63, 3.8) is 0 Å². The minimum atomic E-state index is -3.37. The smallest absolute Gasteiger partial charge is 0.233 e. The number of nitrogens with one attached hydrogen (secondary N) is 1. The molecule has 11 heteroatoms. The predicted octanol–water partition coefficient (Wildman–Crippen LogP) is 3.63. The summed E-state index contributed by atoms with van der Waals surface area (Å²) >= 11 is 1.34. The van der Waals surface area contributed by atoms with E-state index in [0.717, 1.165) is 24.0 Å². The molecule has 0 spiro atoms. The first-order valence-corrected chi connectivity index (χ1v) is 14.2. The van der Waals surface area contributed by atoms with Gasteiger partial charge in [-0.3, -0.25) is 14.1 Å². The zero-order valence-electron chi connectivity index (χ0n) is 19.6. The molecule has 0 radical (unpaired) electrons. The lowest BCUT2D eigenvalue weighted by Gasteiger charge is -2.28. The fourth-order valence-electron chi connectivity index (χ4n) is 4.14. The summed E-state index contributed by atoms with van der Waals surface area (Å²) < 4.78 is 32.9. The number of fused-ring (bicyclic) bond motifs is 1. The minimum absolute atomic E-state index is 0.0554. The fraction of sp³-hybridized carbons (Fsp3) is 0.240. The first-order valence-electron chi connectivity index (χ1n) is 11.4. The molecule has 36 heavy (non-hydrogen) atoms. The van der Waals surface area contributed by atoms with Crippen molar-refractivity contribution in [2.45, 2.75) is 24.7 Å². The lowest BCUT2D eigenvalue weighted by Crippen LogP contribution is -2.37. The lowest BCUT2D eigenvalue weighted by molar-refractivity contribution is -0.129. The molecule has 5 rings (SSSR count). The van der Waals surface area contributed by atoms with Crippen molar-refractivity contribution in [1.29, 1.82) is 0 Å². The molecule has 1 N–H and O–H groups in total. The highest BCUT2D eigenvalue weighted by Gasteiger charge is 2.22. The number of amides is 1. The highest BCUT2D eigenvalue weighted by molar-refractivity contribution is 7.99. The number of anilines is 1. The Hall–Kier alpha value is -3.57. The third-order valence-electron chi connectivity index (χ3n) is 5.87. The van der Waals surface area contributed by atoms with Crippen LogP contribution in [0.1, 0.15) is 16.9 Å². The molecule has 186 valence electrons. The third-order valence-corrected chi connectivity index (χ3v) is 7.42. The van der Waals surface area contributed by atoms with Gasteiger partial charge in [-0.15, -0.1) is 10.2 Å². The molecule has 1 aliphatic rings. The van der Waals surface area contributed by atoms with E-state index in [0.29, 0.717) is 36.3 Å². The van der Waals surface area contributed by atoms with Gasteiger partial charge in [-0.25, -0.2) is 8.42 Å². The van der Waals surface area contributed by atoms with Crippen molar-refractivity contribution in [1.82, 2.24) is 19.7 Å². The summed E-state index contributed by atoms with van der Waals surface area (Å²) in [4.78, 5) is 14.9. The minimum Gasteiger partial charge on any atom is -0.467 e. The van der Waals surface area contributed by atoms with Gasteiger partial charge >= 0.3 is 0 Å². The van der Waals surface area contributed by atoms with Gasteiger partial charge in [0, 0.05) is 24.3 Å². The van der Waals surface area contributed by atoms with Gasteiger partial charge in [-0.1, -0.05) is 36.0 Å². The zero-order chi connectivity index (χ0) is 25.1. The molecule has 2 aromatic carbocycles. The first-order chi connectivity index (χ1) is 17.4. The summed E-state index contributed by atoms with van der Waals surface area (Å²) in [5.74, 6) is 1.63. The fourth-order valence-corrected chi connectivity index (χ4v) is 5.54. The normalized spacial score (nSPS) is 13.4. The number of hydrogen-bond donors (Lipinski definition) is 1. The van der Waals surface area contributed by atoms with Crippen molar-refractivity contribution in [2.75, 3.05) is 23.3 Å². The molecule has 0 saturated carbocycles. The van der Waals surface area contributed by atoms with Crippen LogP contribution in [-0.4, -0.2) is 52.5 Å².